The van der Waals surface area contributed by atoms with Gasteiger partial charge in [0.2, 0.25) is 0 Å². The van der Waals surface area contributed by atoms with Crippen molar-refractivity contribution in [2.75, 3.05) is 9.80 Å². The molecule has 12 rings (SSSR count). The molecule has 2 aromatic heterocycles. The molecule has 0 bridgehead atoms. The Morgan fingerprint density at radius 3 is 2.09 bits per heavy atom. The fourth-order valence-electron chi connectivity index (χ4n) is 11.1. The maximum atomic E-state index is 10.3. The molecule has 2 aliphatic rings. The molecule has 0 amide bonds. The molecular formula is C70H65N4OPt-3. The Hall–Kier alpha value is -7.20. The van der Waals surface area contributed by atoms with Gasteiger partial charge in [-0.1, -0.05) is 177 Å². The first kappa shape index (κ1) is 45.0. The monoisotopic (exact) mass is 1180 g/mol. The number of fused-ring (bicyclic) bond motifs is 5. The first-order chi connectivity index (χ1) is 38.1. The summed E-state index contributed by atoms with van der Waals surface area (Å²) in [6.07, 6.45) is 1.86. The van der Waals surface area contributed by atoms with Crippen molar-refractivity contribution in [3.8, 4) is 50.7 Å². The van der Waals surface area contributed by atoms with Crippen LogP contribution < -0.4 is 14.5 Å². The molecule has 0 saturated carbocycles. The van der Waals surface area contributed by atoms with Gasteiger partial charge in [0.15, 0.2) is 0 Å². The van der Waals surface area contributed by atoms with Gasteiger partial charge >= 0.3 is 0 Å². The van der Waals surface area contributed by atoms with E-state index < -0.39 is 6.37 Å². The topological polar surface area (TPSA) is 33.5 Å². The number of nitrogens with zero attached hydrogens (tertiary/aromatic N) is 4. The number of hydrogen-bond donors (Lipinski definition) is 0. The molecule has 0 spiro atoms. The van der Waals surface area contributed by atoms with Crippen molar-refractivity contribution in [3.05, 3.63) is 223 Å². The van der Waals surface area contributed by atoms with Crippen molar-refractivity contribution in [1.82, 2.24) is 9.55 Å². The van der Waals surface area contributed by atoms with E-state index in [1.807, 2.05) is 103 Å². The summed E-state index contributed by atoms with van der Waals surface area (Å²) >= 11 is 0. The Morgan fingerprint density at radius 1 is 0.658 bits per heavy atom. The van der Waals surface area contributed by atoms with Crippen LogP contribution in [0.3, 0.4) is 0 Å². The zero-order chi connectivity index (χ0) is 56.2. The predicted octanol–water partition coefficient (Wildman–Crippen LogP) is 18.8. The number of pyridine rings is 1. The number of aromatic nitrogens is 2. The largest absolute Gasteiger partial charge is 0.509 e. The van der Waals surface area contributed by atoms with E-state index in [1.165, 1.54) is 5.56 Å². The summed E-state index contributed by atoms with van der Waals surface area (Å²) in [4.78, 5) is 9.08. The first-order valence-corrected chi connectivity index (χ1v) is 26.3. The number of benzene rings is 8. The molecule has 5 nitrogen and oxygen atoms in total. The molecule has 0 atom stereocenters. The number of hydrogen-bond acceptors (Lipinski definition) is 4. The van der Waals surface area contributed by atoms with Crippen LogP contribution in [-0.2, 0) is 43.7 Å². The van der Waals surface area contributed by atoms with Crippen molar-refractivity contribution in [2.45, 2.75) is 97.8 Å². The minimum Gasteiger partial charge on any atom is -0.509 e. The third kappa shape index (κ3) is 9.36. The number of ether oxygens (including phenoxy) is 1. The van der Waals surface area contributed by atoms with Gasteiger partial charge < -0.3 is 19.1 Å². The summed E-state index contributed by atoms with van der Waals surface area (Å²) in [5.41, 5.74) is 12.7. The van der Waals surface area contributed by atoms with E-state index in [0.29, 0.717) is 40.0 Å². The third-order valence-corrected chi connectivity index (χ3v) is 15.2. The maximum absolute atomic E-state index is 10.3. The van der Waals surface area contributed by atoms with Crippen LogP contribution in [-0.4, -0.2) is 9.55 Å². The molecule has 10 aromatic rings. The Labute approximate surface area is 471 Å². The maximum Gasteiger partial charge on any atom is 0.135 e. The summed E-state index contributed by atoms with van der Waals surface area (Å²) in [5.74, 6) is 1.30. The van der Waals surface area contributed by atoms with Gasteiger partial charge in [0.05, 0.1) is 4.11 Å². The minimum absolute atomic E-state index is 0. The Bertz CT molecular complexity index is 4090. The van der Waals surface area contributed by atoms with Crippen LogP contribution in [0.2, 0.25) is 0 Å². The smallest absolute Gasteiger partial charge is 0.135 e. The average Bonchev–Trinajstić information content (AvgIpc) is 4.13. The van der Waals surface area contributed by atoms with Crippen molar-refractivity contribution in [2.24, 2.45) is 5.92 Å². The first-order valence-electron chi connectivity index (χ1n) is 28.8. The van der Waals surface area contributed by atoms with Gasteiger partial charge in [0, 0.05) is 75.2 Å². The molecule has 0 N–H and O–H groups in total. The van der Waals surface area contributed by atoms with Crippen LogP contribution in [0.5, 0.6) is 11.5 Å². The third-order valence-electron chi connectivity index (χ3n) is 15.2. The van der Waals surface area contributed by atoms with Crippen LogP contribution in [0.25, 0.3) is 61.0 Å². The van der Waals surface area contributed by atoms with E-state index in [0.717, 1.165) is 90.8 Å². The van der Waals surface area contributed by atoms with Gasteiger partial charge in [-0.2, -0.15) is 12.1 Å². The van der Waals surface area contributed by atoms with Crippen molar-refractivity contribution < 1.29 is 32.7 Å². The molecule has 8 aromatic carbocycles. The second-order valence-corrected chi connectivity index (χ2v) is 22.9. The molecule has 3 heterocycles. The summed E-state index contributed by atoms with van der Waals surface area (Å²) in [6, 6.07) is 61.1. The quantitative estimate of drug-likeness (QED) is 0.128. The van der Waals surface area contributed by atoms with E-state index in [-0.39, 0.29) is 55.3 Å². The van der Waals surface area contributed by atoms with Crippen LogP contribution in [0.1, 0.15) is 104 Å². The fourth-order valence-corrected chi connectivity index (χ4v) is 11.1. The van der Waals surface area contributed by atoms with Gasteiger partial charge in [0.1, 0.15) is 5.82 Å². The van der Waals surface area contributed by atoms with Crippen LogP contribution >= 0.6 is 0 Å². The normalized spacial score (nSPS) is 15.8. The summed E-state index contributed by atoms with van der Waals surface area (Å²) < 4.78 is 56.5. The molecule has 76 heavy (non-hydrogen) atoms. The molecule has 0 unspecified atom stereocenters. The molecule has 0 radical (unpaired) electrons. The van der Waals surface area contributed by atoms with Gasteiger partial charge in [-0.05, 0) is 128 Å². The molecule has 6 heteroatoms. The number of rotatable bonds is 10. The molecular weight excluding hydrogens is 1110 g/mol. The second kappa shape index (κ2) is 19.7. The Kier molecular flexibility index (Phi) is 11.7. The number of anilines is 4. The van der Waals surface area contributed by atoms with Crippen LogP contribution in [0.15, 0.2) is 182 Å². The summed E-state index contributed by atoms with van der Waals surface area (Å²) in [5, 5.41) is 1.98. The fraction of sp³-hybridized carbons (Fsp3) is 0.229. The zero-order valence-electron chi connectivity index (χ0n) is 49.7. The van der Waals surface area contributed by atoms with Gasteiger partial charge in [-0.3, -0.25) is 0 Å². The molecule has 0 saturated heterocycles. The zero-order valence-corrected chi connectivity index (χ0v) is 46.9. The Balaban J connectivity index is 0.00000690. The average molecular weight is 1180 g/mol. The molecule has 0 fully saturated rings. The Morgan fingerprint density at radius 2 is 1.33 bits per heavy atom. The SMILES string of the molecule is [2H]c1c([2H])c2c(c([2H])c1-c1cccc(-c3cc(-c4ccccc4)cc(C(C)(C)C)c3)c1N1[CH-]N(c3[c-]c(Oc4[c-]c5c(cc4)c4ccccc4n5-c4cc(C([2H])([2H])C(C)C)ccn4)ccc3)c3ccccc31)C(C)(C)CCC2(C)C.[Pt]. The van der Waals surface area contributed by atoms with E-state index in [4.69, 9.17) is 12.5 Å². The van der Waals surface area contributed by atoms with Gasteiger partial charge in [-0.25, -0.2) is 4.98 Å². The standard InChI is InChI=1S/C70H65N4O.Pt/c1-46(2)37-47-33-36-71-66(38-47)74-62-26-14-13-23-58(62)59-31-30-55(44-65(59)74)75-54-22-17-21-53(43-54)72-45-73(64-28-16-15-27-63(64)72)67-56(49-29-32-60-61(42-49)70(8,9)35-34-69(60,6)7)24-18-25-57(67)51-39-50(48-19-11-10-12-20-48)40-52(41-51)68(3,4)5;/h10-33,36,38-42,45-46H,34-35,37H2,1-9H3;/q-3;/i29D,32D,37D2,42D;. The number of para-hydroxylation sites is 4. The summed E-state index contributed by atoms with van der Waals surface area (Å²) in [6.45, 7) is 21.3. The van der Waals surface area contributed by atoms with Crippen molar-refractivity contribution >= 4 is 44.6 Å². The van der Waals surface area contributed by atoms with Crippen molar-refractivity contribution in [1.29, 1.82) is 0 Å². The van der Waals surface area contributed by atoms with Gasteiger partial charge in [0.25, 0.3) is 0 Å². The van der Waals surface area contributed by atoms with E-state index in [1.54, 1.807) is 12.3 Å². The molecule has 1 aliphatic carbocycles. The second-order valence-electron chi connectivity index (χ2n) is 22.9. The van der Waals surface area contributed by atoms with E-state index in [2.05, 4.69) is 144 Å². The van der Waals surface area contributed by atoms with E-state index in [9.17, 15) is 4.11 Å². The van der Waals surface area contributed by atoms with Gasteiger partial charge in [-0.15, -0.1) is 48.1 Å². The predicted molar refractivity (Wildman–Crippen MR) is 313 cm³/mol. The van der Waals surface area contributed by atoms with Crippen molar-refractivity contribution in [3.63, 3.8) is 0 Å². The van der Waals surface area contributed by atoms with Crippen LogP contribution in [0.4, 0.5) is 22.7 Å². The molecule has 384 valence electrons. The summed E-state index contributed by atoms with van der Waals surface area (Å²) in [7, 11) is 0. The van der Waals surface area contributed by atoms with E-state index >= 15 is 0 Å². The minimum atomic E-state index is -1.56. The van der Waals surface area contributed by atoms with Crippen LogP contribution in [0, 0.1) is 24.7 Å². The molecule has 1 aliphatic heterocycles.